The molecular weight excluding hydrogens is 342 g/mol. The van der Waals surface area contributed by atoms with Crippen molar-refractivity contribution >= 4 is 23.2 Å². The molecule has 2 amide bonds. The van der Waals surface area contributed by atoms with E-state index in [9.17, 15) is 9.59 Å². The summed E-state index contributed by atoms with van der Waals surface area (Å²) in [7, 11) is 0. The minimum absolute atomic E-state index is 0.0905. The molecule has 6 heteroatoms. The van der Waals surface area contributed by atoms with Crippen LogP contribution in [0.2, 0.25) is 0 Å². The summed E-state index contributed by atoms with van der Waals surface area (Å²) in [5, 5.41) is 8.67. The van der Waals surface area contributed by atoms with E-state index in [1.165, 1.54) is 0 Å². The Morgan fingerprint density at radius 2 is 1.85 bits per heavy atom. The number of benzene rings is 2. The number of rotatable bonds is 10. The highest BCUT2D eigenvalue weighted by molar-refractivity contribution is 5.96. The molecule has 0 atom stereocenters. The first-order chi connectivity index (χ1) is 13.1. The van der Waals surface area contributed by atoms with Crippen LogP contribution in [0, 0.1) is 0 Å². The predicted octanol–water partition coefficient (Wildman–Crippen LogP) is 3.44. The standard InChI is InChI=1S/C21H25N3O3/c1-3-13-22-21(26)16-9-11-17(12-10-16)24-20(25)15-23-18-7-5-6-8-19(18)27-14-4-2/h4-12,23H,2-3,13-15H2,1H3,(H,22,26)(H,24,25). The molecule has 27 heavy (non-hydrogen) atoms. The Morgan fingerprint density at radius 3 is 2.56 bits per heavy atom. The molecule has 0 saturated heterocycles. The molecule has 0 aliphatic heterocycles. The van der Waals surface area contributed by atoms with Crippen molar-refractivity contribution in [1.82, 2.24) is 5.32 Å². The SMILES string of the molecule is C=CCOc1ccccc1NCC(=O)Nc1ccc(C(=O)NCCC)cc1. The van der Waals surface area contributed by atoms with E-state index in [1.54, 1.807) is 30.3 Å². The quantitative estimate of drug-likeness (QED) is 0.562. The smallest absolute Gasteiger partial charge is 0.251 e. The van der Waals surface area contributed by atoms with Gasteiger partial charge in [0, 0.05) is 17.8 Å². The van der Waals surface area contributed by atoms with Gasteiger partial charge in [-0.15, -0.1) is 0 Å². The van der Waals surface area contributed by atoms with Crippen LogP contribution in [-0.4, -0.2) is 31.5 Å². The van der Waals surface area contributed by atoms with E-state index in [0.717, 1.165) is 12.1 Å². The second-order valence-corrected chi connectivity index (χ2v) is 5.83. The molecule has 0 spiro atoms. The molecule has 0 heterocycles. The van der Waals surface area contributed by atoms with Gasteiger partial charge in [-0.2, -0.15) is 0 Å². The van der Waals surface area contributed by atoms with E-state index >= 15 is 0 Å². The number of carbonyl (C=O) groups is 2. The van der Waals surface area contributed by atoms with Gasteiger partial charge in [0.25, 0.3) is 5.91 Å². The molecule has 0 unspecified atom stereocenters. The number of anilines is 2. The molecule has 0 aromatic heterocycles. The second kappa shape index (κ2) is 10.7. The summed E-state index contributed by atoms with van der Waals surface area (Å²) < 4.78 is 5.55. The van der Waals surface area contributed by atoms with Crippen LogP contribution < -0.4 is 20.7 Å². The van der Waals surface area contributed by atoms with Gasteiger partial charge in [0.05, 0.1) is 12.2 Å². The van der Waals surface area contributed by atoms with Gasteiger partial charge < -0.3 is 20.7 Å². The lowest BCUT2D eigenvalue weighted by Crippen LogP contribution is -2.24. The first-order valence-electron chi connectivity index (χ1n) is 8.88. The maximum Gasteiger partial charge on any atom is 0.251 e. The van der Waals surface area contributed by atoms with Crippen LogP contribution in [0.1, 0.15) is 23.7 Å². The summed E-state index contributed by atoms with van der Waals surface area (Å²) in [4.78, 5) is 24.0. The van der Waals surface area contributed by atoms with E-state index < -0.39 is 0 Å². The van der Waals surface area contributed by atoms with Gasteiger partial charge in [0.15, 0.2) is 0 Å². The Hall–Kier alpha value is -3.28. The fourth-order valence-corrected chi connectivity index (χ4v) is 2.31. The lowest BCUT2D eigenvalue weighted by atomic mass is 10.2. The van der Waals surface area contributed by atoms with Gasteiger partial charge in [-0.05, 0) is 42.8 Å². The van der Waals surface area contributed by atoms with Crippen LogP contribution in [0.4, 0.5) is 11.4 Å². The average Bonchev–Trinajstić information content (AvgIpc) is 2.70. The van der Waals surface area contributed by atoms with Crippen molar-refractivity contribution in [2.24, 2.45) is 0 Å². The molecule has 0 saturated carbocycles. The van der Waals surface area contributed by atoms with Crippen molar-refractivity contribution in [1.29, 1.82) is 0 Å². The number of carbonyl (C=O) groups excluding carboxylic acids is 2. The highest BCUT2D eigenvalue weighted by Gasteiger charge is 2.08. The molecule has 6 nitrogen and oxygen atoms in total. The number of hydrogen-bond donors (Lipinski definition) is 3. The molecule has 0 radical (unpaired) electrons. The van der Waals surface area contributed by atoms with Crippen molar-refractivity contribution in [2.45, 2.75) is 13.3 Å². The molecule has 142 valence electrons. The fourth-order valence-electron chi connectivity index (χ4n) is 2.31. The van der Waals surface area contributed by atoms with Crippen molar-refractivity contribution in [3.63, 3.8) is 0 Å². The minimum atomic E-state index is -0.197. The zero-order chi connectivity index (χ0) is 19.5. The Morgan fingerprint density at radius 1 is 1.11 bits per heavy atom. The maximum absolute atomic E-state index is 12.2. The third-order valence-corrected chi connectivity index (χ3v) is 3.65. The highest BCUT2D eigenvalue weighted by atomic mass is 16.5. The van der Waals surface area contributed by atoms with Gasteiger partial charge in [-0.1, -0.05) is 31.7 Å². The summed E-state index contributed by atoms with van der Waals surface area (Å²) in [6, 6.07) is 14.2. The second-order valence-electron chi connectivity index (χ2n) is 5.83. The fraction of sp³-hybridized carbons (Fsp3) is 0.238. The third-order valence-electron chi connectivity index (χ3n) is 3.65. The molecule has 2 rings (SSSR count). The van der Waals surface area contributed by atoms with Crippen LogP contribution in [0.25, 0.3) is 0 Å². The molecular formula is C21H25N3O3. The zero-order valence-electron chi connectivity index (χ0n) is 15.5. The average molecular weight is 367 g/mol. The topological polar surface area (TPSA) is 79.5 Å². The van der Waals surface area contributed by atoms with Crippen LogP contribution in [0.5, 0.6) is 5.75 Å². The Kier molecular flexibility index (Phi) is 7.91. The van der Waals surface area contributed by atoms with Gasteiger partial charge in [-0.3, -0.25) is 9.59 Å². The molecule has 2 aromatic rings. The number of hydrogen-bond acceptors (Lipinski definition) is 4. The Labute approximate surface area is 159 Å². The minimum Gasteiger partial charge on any atom is -0.487 e. The van der Waals surface area contributed by atoms with Crippen LogP contribution >= 0.6 is 0 Å². The summed E-state index contributed by atoms with van der Waals surface area (Å²) in [6.07, 6.45) is 2.55. The monoisotopic (exact) mass is 367 g/mol. The summed E-state index contributed by atoms with van der Waals surface area (Å²) in [5.74, 6) is 0.344. The number of nitrogens with one attached hydrogen (secondary N) is 3. The maximum atomic E-state index is 12.2. The first kappa shape index (κ1) is 20.0. The number of para-hydroxylation sites is 2. The summed E-state index contributed by atoms with van der Waals surface area (Å²) >= 11 is 0. The van der Waals surface area contributed by atoms with E-state index in [-0.39, 0.29) is 18.4 Å². The van der Waals surface area contributed by atoms with Crippen molar-refractivity contribution < 1.29 is 14.3 Å². The largest absolute Gasteiger partial charge is 0.487 e. The number of amides is 2. The van der Waals surface area contributed by atoms with Gasteiger partial charge in [-0.25, -0.2) is 0 Å². The van der Waals surface area contributed by atoms with E-state index in [1.807, 2.05) is 31.2 Å². The lowest BCUT2D eigenvalue weighted by molar-refractivity contribution is -0.114. The normalized spacial score (nSPS) is 9.96. The Bertz CT molecular complexity index is 772. The first-order valence-corrected chi connectivity index (χ1v) is 8.88. The molecule has 2 aromatic carbocycles. The van der Waals surface area contributed by atoms with Gasteiger partial charge in [0.1, 0.15) is 12.4 Å². The van der Waals surface area contributed by atoms with E-state index in [2.05, 4.69) is 22.5 Å². The van der Waals surface area contributed by atoms with E-state index in [0.29, 0.717) is 30.2 Å². The van der Waals surface area contributed by atoms with Crippen LogP contribution in [0.3, 0.4) is 0 Å². The number of ether oxygens (including phenoxy) is 1. The lowest BCUT2D eigenvalue weighted by Gasteiger charge is -2.12. The summed E-state index contributed by atoms with van der Waals surface area (Å²) in [5.41, 5.74) is 1.93. The van der Waals surface area contributed by atoms with E-state index in [4.69, 9.17) is 4.74 Å². The van der Waals surface area contributed by atoms with Crippen molar-refractivity contribution in [3.8, 4) is 5.75 Å². The van der Waals surface area contributed by atoms with Crippen molar-refractivity contribution in [2.75, 3.05) is 30.3 Å². The molecule has 0 aliphatic carbocycles. The molecule has 0 aliphatic rings. The Balaban J connectivity index is 1.87. The molecule has 0 bridgehead atoms. The van der Waals surface area contributed by atoms with Gasteiger partial charge >= 0.3 is 0 Å². The highest BCUT2D eigenvalue weighted by Crippen LogP contribution is 2.23. The zero-order valence-corrected chi connectivity index (χ0v) is 15.5. The van der Waals surface area contributed by atoms with Crippen molar-refractivity contribution in [3.05, 3.63) is 66.7 Å². The third kappa shape index (κ3) is 6.51. The van der Waals surface area contributed by atoms with Crippen LogP contribution in [0.15, 0.2) is 61.2 Å². The molecule has 3 N–H and O–H groups in total. The van der Waals surface area contributed by atoms with Crippen LogP contribution in [-0.2, 0) is 4.79 Å². The molecule has 0 fully saturated rings. The predicted molar refractivity (Wildman–Crippen MR) is 108 cm³/mol. The summed E-state index contributed by atoms with van der Waals surface area (Å²) in [6.45, 7) is 6.74. The van der Waals surface area contributed by atoms with Gasteiger partial charge in [0.2, 0.25) is 5.91 Å².